The molecule has 1 aliphatic carbocycles. The standard InChI is InChI=1S/C16H31N5O2/c1-11-10-22-7-3-2-6-21-17-9-15(20-21)16-13-8-12(23-11)4-5-14(13)18-19-16/h11-20H,2-10H2,1H3/t11-,12?,13?,14?,15?,16?/m1/s1. The molecule has 23 heavy (non-hydrogen) atoms. The second kappa shape index (κ2) is 7.31. The average Bonchev–Trinajstić information content (AvgIpc) is 3.16. The van der Waals surface area contributed by atoms with Gasteiger partial charge in [-0.25, -0.2) is 10.9 Å². The maximum Gasteiger partial charge on any atom is 0.0784 e. The predicted octanol–water partition coefficient (Wildman–Crippen LogP) is -0.0910. The fraction of sp³-hybridized carbons (Fsp3) is 1.00. The van der Waals surface area contributed by atoms with Crippen LogP contribution < -0.4 is 21.7 Å². The Morgan fingerprint density at radius 1 is 1.09 bits per heavy atom. The maximum atomic E-state index is 6.27. The Kier molecular flexibility index (Phi) is 5.15. The van der Waals surface area contributed by atoms with Crippen LogP contribution in [0.5, 0.6) is 0 Å². The molecule has 4 fully saturated rings. The number of nitrogens with one attached hydrogen (secondary N) is 4. The number of ether oxygens (including phenoxy) is 2. The summed E-state index contributed by atoms with van der Waals surface area (Å²) in [4.78, 5) is 0. The third-order valence-electron chi connectivity index (χ3n) is 5.70. The monoisotopic (exact) mass is 325 g/mol. The lowest BCUT2D eigenvalue weighted by Gasteiger charge is -2.35. The topological polar surface area (TPSA) is 69.8 Å². The first kappa shape index (κ1) is 16.2. The Balaban J connectivity index is 1.45. The fourth-order valence-electron chi connectivity index (χ4n) is 4.52. The average molecular weight is 325 g/mol. The molecule has 3 saturated heterocycles. The molecular formula is C16H31N5O2. The van der Waals surface area contributed by atoms with Gasteiger partial charge in [0, 0.05) is 31.8 Å². The highest BCUT2D eigenvalue weighted by atomic mass is 16.5. The quantitative estimate of drug-likeness (QED) is 0.496. The molecule has 0 aromatic heterocycles. The van der Waals surface area contributed by atoms with Crippen molar-refractivity contribution in [3.8, 4) is 0 Å². The van der Waals surface area contributed by atoms with Gasteiger partial charge in [0.05, 0.1) is 24.9 Å². The lowest BCUT2D eigenvalue weighted by molar-refractivity contribution is -0.0697. The maximum absolute atomic E-state index is 6.27. The first-order valence-corrected chi connectivity index (χ1v) is 9.31. The molecule has 4 bridgehead atoms. The zero-order valence-corrected chi connectivity index (χ0v) is 14.1. The van der Waals surface area contributed by atoms with E-state index in [2.05, 4.69) is 33.7 Å². The lowest BCUT2D eigenvalue weighted by atomic mass is 9.78. The third-order valence-corrected chi connectivity index (χ3v) is 5.70. The first-order valence-electron chi connectivity index (χ1n) is 9.31. The summed E-state index contributed by atoms with van der Waals surface area (Å²) in [7, 11) is 0. The van der Waals surface area contributed by atoms with E-state index in [1.54, 1.807) is 0 Å². The Labute approximate surface area is 138 Å². The van der Waals surface area contributed by atoms with Crippen LogP contribution in [0.1, 0.15) is 39.0 Å². The SMILES string of the molecule is C[C@@H]1COCCCCN2NCC(N2)C2NNC3CCC(CC32)O1. The largest absolute Gasteiger partial charge is 0.379 e. The van der Waals surface area contributed by atoms with Crippen molar-refractivity contribution in [2.24, 2.45) is 5.92 Å². The predicted molar refractivity (Wildman–Crippen MR) is 87.2 cm³/mol. The van der Waals surface area contributed by atoms with Crippen molar-refractivity contribution in [3.63, 3.8) is 0 Å². The summed E-state index contributed by atoms with van der Waals surface area (Å²) < 4.78 is 12.1. The lowest BCUT2D eigenvalue weighted by Crippen LogP contribution is -2.51. The Bertz CT molecular complexity index is 399. The molecular weight excluding hydrogens is 294 g/mol. The highest BCUT2D eigenvalue weighted by molar-refractivity contribution is 5.02. The van der Waals surface area contributed by atoms with E-state index in [4.69, 9.17) is 9.47 Å². The minimum atomic E-state index is 0.197. The summed E-state index contributed by atoms with van der Waals surface area (Å²) in [5.74, 6) is 0.631. The van der Waals surface area contributed by atoms with E-state index in [9.17, 15) is 0 Å². The third kappa shape index (κ3) is 3.71. The van der Waals surface area contributed by atoms with Crippen LogP contribution in [0.25, 0.3) is 0 Å². The number of rotatable bonds is 0. The van der Waals surface area contributed by atoms with Crippen LogP contribution in [-0.2, 0) is 9.47 Å². The van der Waals surface area contributed by atoms with Gasteiger partial charge < -0.3 is 9.47 Å². The van der Waals surface area contributed by atoms with Gasteiger partial charge in [-0.3, -0.25) is 10.9 Å². The molecule has 4 aliphatic rings. The van der Waals surface area contributed by atoms with Crippen LogP contribution >= 0.6 is 0 Å². The van der Waals surface area contributed by atoms with E-state index in [-0.39, 0.29) is 6.10 Å². The molecule has 0 amide bonds. The van der Waals surface area contributed by atoms with Gasteiger partial charge in [-0.2, -0.15) is 5.12 Å². The van der Waals surface area contributed by atoms with E-state index in [1.165, 1.54) is 6.42 Å². The molecule has 6 unspecified atom stereocenters. The van der Waals surface area contributed by atoms with Crippen molar-refractivity contribution in [1.82, 2.24) is 26.8 Å². The summed E-state index contributed by atoms with van der Waals surface area (Å²) in [6.45, 7) is 5.69. The molecule has 7 atom stereocenters. The summed E-state index contributed by atoms with van der Waals surface area (Å²) in [6, 6.07) is 1.48. The number of nitrogens with zero attached hydrogens (tertiary/aromatic N) is 1. The van der Waals surface area contributed by atoms with E-state index < -0.39 is 0 Å². The minimum Gasteiger partial charge on any atom is -0.379 e. The summed E-state index contributed by atoms with van der Waals surface area (Å²) in [6.07, 6.45) is 6.27. The number of hydrogen-bond acceptors (Lipinski definition) is 7. The Hall–Kier alpha value is -0.280. The van der Waals surface area contributed by atoms with E-state index in [0.717, 1.165) is 45.4 Å². The van der Waals surface area contributed by atoms with Crippen LogP contribution in [0.3, 0.4) is 0 Å². The second-order valence-corrected chi connectivity index (χ2v) is 7.50. The molecule has 0 spiro atoms. The van der Waals surface area contributed by atoms with Gasteiger partial charge in [-0.1, -0.05) is 0 Å². The van der Waals surface area contributed by atoms with Crippen LogP contribution in [-0.4, -0.2) is 61.8 Å². The van der Waals surface area contributed by atoms with Crippen molar-refractivity contribution in [2.75, 3.05) is 26.3 Å². The van der Waals surface area contributed by atoms with Gasteiger partial charge in [0.15, 0.2) is 0 Å². The van der Waals surface area contributed by atoms with Gasteiger partial charge in [-0.15, -0.1) is 0 Å². The Morgan fingerprint density at radius 3 is 3.00 bits per heavy atom. The molecule has 0 radical (unpaired) electrons. The van der Waals surface area contributed by atoms with Crippen molar-refractivity contribution < 1.29 is 9.47 Å². The highest BCUT2D eigenvalue weighted by Gasteiger charge is 2.45. The van der Waals surface area contributed by atoms with Crippen molar-refractivity contribution in [1.29, 1.82) is 0 Å². The van der Waals surface area contributed by atoms with Gasteiger partial charge in [0.2, 0.25) is 0 Å². The molecule has 1 saturated carbocycles. The molecule has 132 valence electrons. The zero-order valence-electron chi connectivity index (χ0n) is 14.1. The van der Waals surface area contributed by atoms with Crippen LogP contribution in [0.15, 0.2) is 0 Å². The molecule has 3 heterocycles. The highest BCUT2D eigenvalue weighted by Crippen LogP contribution is 2.34. The molecule has 7 nitrogen and oxygen atoms in total. The molecule has 3 aliphatic heterocycles. The van der Waals surface area contributed by atoms with Crippen LogP contribution in [0, 0.1) is 5.92 Å². The summed E-state index contributed by atoms with van der Waals surface area (Å²) in [5, 5.41) is 2.17. The van der Waals surface area contributed by atoms with E-state index in [0.29, 0.717) is 36.8 Å². The first-order chi connectivity index (χ1) is 11.3. The van der Waals surface area contributed by atoms with E-state index in [1.807, 2.05) is 0 Å². The normalized spacial score (nSPS) is 48.7. The van der Waals surface area contributed by atoms with Crippen molar-refractivity contribution in [2.45, 2.75) is 69.4 Å². The van der Waals surface area contributed by atoms with Gasteiger partial charge in [0.25, 0.3) is 0 Å². The smallest absolute Gasteiger partial charge is 0.0784 e. The zero-order chi connectivity index (χ0) is 15.6. The molecule has 4 rings (SSSR count). The van der Waals surface area contributed by atoms with Crippen LogP contribution in [0.4, 0.5) is 0 Å². The molecule has 4 N–H and O–H groups in total. The van der Waals surface area contributed by atoms with Crippen LogP contribution in [0.2, 0.25) is 0 Å². The molecule has 0 aromatic carbocycles. The van der Waals surface area contributed by atoms with E-state index >= 15 is 0 Å². The van der Waals surface area contributed by atoms with Crippen molar-refractivity contribution in [3.05, 3.63) is 0 Å². The second-order valence-electron chi connectivity index (χ2n) is 7.50. The summed E-state index contributed by atoms with van der Waals surface area (Å²) in [5.41, 5.74) is 14.2. The number of fused-ring (bicyclic) bond motifs is 4. The molecule has 7 heteroatoms. The minimum absolute atomic E-state index is 0.197. The summed E-state index contributed by atoms with van der Waals surface area (Å²) >= 11 is 0. The van der Waals surface area contributed by atoms with Gasteiger partial charge >= 0.3 is 0 Å². The van der Waals surface area contributed by atoms with Crippen molar-refractivity contribution >= 4 is 0 Å². The van der Waals surface area contributed by atoms with Gasteiger partial charge in [-0.05, 0) is 44.9 Å². The van der Waals surface area contributed by atoms with Gasteiger partial charge in [0.1, 0.15) is 0 Å². The Morgan fingerprint density at radius 2 is 2.04 bits per heavy atom. The number of hydrogen-bond donors (Lipinski definition) is 4. The fourth-order valence-corrected chi connectivity index (χ4v) is 4.52. The molecule has 0 aromatic rings. The number of hydrazine groups is 3.